The van der Waals surface area contributed by atoms with E-state index >= 15 is 0 Å². The number of ketones is 1. The molecule has 0 N–H and O–H groups in total. The van der Waals surface area contributed by atoms with Crippen molar-refractivity contribution in [1.82, 2.24) is 9.97 Å². The molecule has 0 bridgehead atoms. The average molecular weight is 250 g/mol. The molecule has 1 saturated carbocycles. The van der Waals surface area contributed by atoms with Gasteiger partial charge < -0.3 is 9.47 Å². The van der Waals surface area contributed by atoms with Crippen molar-refractivity contribution in [2.24, 2.45) is 5.41 Å². The van der Waals surface area contributed by atoms with Crippen molar-refractivity contribution >= 4 is 5.78 Å². The number of nitrogens with zero attached hydrogens (tertiary/aromatic N) is 2. The average Bonchev–Trinajstić information content (AvgIpc) is 2.64. The quantitative estimate of drug-likeness (QED) is 0.820. The zero-order chi connectivity index (χ0) is 13.3. The van der Waals surface area contributed by atoms with Gasteiger partial charge in [-0.05, 0) is 12.8 Å². The van der Waals surface area contributed by atoms with Crippen molar-refractivity contribution < 1.29 is 14.3 Å². The normalized spacial score (nSPS) is 22.0. The highest BCUT2D eigenvalue weighted by atomic mass is 16.5. The number of rotatable bonds is 3. The number of hydrogen-bond donors (Lipinski definition) is 0. The summed E-state index contributed by atoms with van der Waals surface area (Å²) in [6.07, 6.45) is 3.30. The molecule has 1 heterocycles. The molecule has 0 amide bonds. The van der Waals surface area contributed by atoms with E-state index in [1.165, 1.54) is 14.2 Å². The summed E-state index contributed by atoms with van der Waals surface area (Å²) in [5.74, 6) is 0.717. The molecule has 1 aliphatic carbocycles. The molecule has 0 saturated heterocycles. The second-order valence-electron chi connectivity index (χ2n) is 5.15. The minimum Gasteiger partial charge on any atom is -0.477 e. The second-order valence-corrected chi connectivity index (χ2v) is 5.15. The van der Waals surface area contributed by atoms with Crippen LogP contribution in [0, 0.1) is 5.41 Å². The van der Waals surface area contributed by atoms with E-state index < -0.39 is 0 Å². The monoisotopic (exact) mass is 250 g/mol. The summed E-state index contributed by atoms with van der Waals surface area (Å²) >= 11 is 0. The van der Waals surface area contributed by atoms with Gasteiger partial charge in [0, 0.05) is 5.41 Å². The molecule has 0 spiro atoms. The lowest BCUT2D eigenvalue weighted by Crippen LogP contribution is -2.21. The molecule has 98 valence electrons. The highest BCUT2D eigenvalue weighted by Gasteiger charge is 2.42. The van der Waals surface area contributed by atoms with Gasteiger partial charge in [0.15, 0.2) is 0 Å². The van der Waals surface area contributed by atoms with Gasteiger partial charge in [0.05, 0.1) is 32.0 Å². The number of ether oxygens (including phenoxy) is 2. The van der Waals surface area contributed by atoms with E-state index in [4.69, 9.17) is 9.47 Å². The highest BCUT2D eigenvalue weighted by Crippen LogP contribution is 2.42. The van der Waals surface area contributed by atoms with Crippen LogP contribution in [0.4, 0.5) is 0 Å². The van der Waals surface area contributed by atoms with E-state index in [1.54, 1.807) is 6.20 Å². The first kappa shape index (κ1) is 12.8. The van der Waals surface area contributed by atoms with E-state index in [0.717, 1.165) is 12.8 Å². The fourth-order valence-corrected chi connectivity index (χ4v) is 2.33. The predicted molar refractivity (Wildman–Crippen MR) is 65.9 cm³/mol. The fraction of sp³-hybridized carbons (Fsp3) is 0.615. The van der Waals surface area contributed by atoms with Crippen molar-refractivity contribution in [1.29, 1.82) is 0 Å². The Balaban J connectivity index is 2.33. The summed E-state index contributed by atoms with van der Waals surface area (Å²) in [5.41, 5.74) is 0.405. The van der Waals surface area contributed by atoms with Gasteiger partial charge in [0.2, 0.25) is 0 Å². The lowest BCUT2D eigenvalue weighted by molar-refractivity contribution is -0.125. The predicted octanol–water partition coefficient (Wildman–Crippen LogP) is 1.97. The van der Waals surface area contributed by atoms with Crippen LogP contribution in [0.1, 0.15) is 38.3 Å². The molecular weight excluding hydrogens is 232 g/mol. The Morgan fingerprint density at radius 1 is 1.28 bits per heavy atom. The number of hydrogen-bond acceptors (Lipinski definition) is 5. The van der Waals surface area contributed by atoms with Gasteiger partial charge in [-0.2, -0.15) is 0 Å². The first-order chi connectivity index (χ1) is 8.49. The summed E-state index contributed by atoms with van der Waals surface area (Å²) in [7, 11) is 3.02. The van der Waals surface area contributed by atoms with Crippen LogP contribution in [-0.2, 0) is 4.79 Å². The molecule has 1 aromatic rings. The lowest BCUT2D eigenvalue weighted by atomic mass is 9.88. The summed E-state index contributed by atoms with van der Waals surface area (Å²) in [6.45, 7) is 3.95. The molecule has 1 unspecified atom stereocenters. The topological polar surface area (TPSA) is 61.3 Å². The van der Waals surface area contributed by atoms with Crippen LogP contribution in [0.3, 0.4) is 0 Å². The maximum atomic E-state index is 12.2. The molecule has 0 radical (unpaired) electrons. The summed E-state index contributed by atoms with van der Waals surface area (Å²) in [5, 5.41) is 0. The van der Waals surface area contributed by atoms with Gasteiger partial charge in [-0.25, -0.2) is 9.97 Å². The molecule has 1 fully saturated rings. The van der Waals surface area contributed by atoms with E-state index in [9.17, 15) is 4.79 Å². The van der Waals surface area contributed by atoms with Gasteiger partial charge in [-0.1, -0.05) is 13.8 Å². The number of aromatic nitrogens is 2. The summed E-state index contributed by atoms with van der Waals surface area (Å²) in [6, 6.07) is 0. The van der Waals surface area contributed by atoms with Gasteiger partial charge in [0.1, 0.15) is 5.78 Å². The largest absolute Gasteiger partial charge is 0.477 e. The van der Waals surface area contributed by atoms with Gasteiger partial charge in [0.25, 0.3) is 11.8 Å². The maximum Gasteiger partial charge on any atom is 0.278 e. The van der Waals surface area contributed by atoms with Crippen molar-refractivity contribution in [2.75, 3.05) is 14.2 Å². The zero-order valence-electron chi connectivity index (χ0n) is 11.2. The van der Waals surface area contributed by atoms with Crippen LogP contribution in [0.15, 0.2) is 6.20 Å². The second kappa shape index (κ2) is 4.55. The number of Topliss-reactive ketones (excluding diaryl/α,β-unsaturated/α-hetero) is 1. The molecule has 5 nitrogen and oxygen atoms in total. The zero-order valence-corrected chi connectivity index (χ0v) is 11.2. The van der Waals surface area contributed by atoms with Crippen LogP contribution in [0.25, 0.3) is 0 Å². The van der Waals surface area contributed by atoms with Crippen molar-refractivity contribution in [3.8, 4) is 11.8 Å². The van der Waals surface area contributed by atoms with Crippen molar-refractivity contribution in [2.45, 2.75) is 32.6 Å². The third-order valence-corrected chi connectivity index (χ3v) is 3.51. The number of carbonyl (C=O) groups excluding carboxylic acids is 1. The van der Waals surface area contributed by atoms with Gasteiger partial charge in [-0.15, -0.1) is 0 Å². The Bertz CT molecular complexity index is 471. The molecule has 1 atom stereocenters. The Hall–Kier alpha value is -1.65. The third kappa shape index (κ3) is 2.05. The molecule has 5 heteroatoms. The summed E-state index contributed by atoms with van der Waals surface area (Å²) < 4.78 is 10.2. The SMILES string of the molecule is COc1ncc(C2CCC(C)(C)C2=O)nc1OC. The number of carbonyl (C=O) groups is 1. The Morgan fingerprint density at radius 3 is 2.44 bits per heavy atom. The van der Waals surface area contributed by atoms with E-state index in [0.29, 0.717) is 17.5 Å². The standard InChI is InChI=1S/C13H18N2O3/c1-13(2)6-5-8(10(13)16)9-7-14-11(17-3)12(15-9)18-4/h7-8H,5-6H2,1-4H3. The minimum absolute atomic E-state index is 0.174. The van der Waals surface area contributed by atoms with Gasteiger partial charge in [-0.3, -0.25) is 4.79 Å². The van der Waals surface area contributed by atoms with E-state index in [2.05, 4.69) is 9.97 Å². The number of methoxy groups -OCH3 is 2. The van der Waals surface area contributed by atoms with E-state index in [1.807, 2.05) is 13.8 Å². The highest BCUT2D eigenvalue weighted by molar-refractivity contribution is 5.92. The molecule has 0 aliphatic heterocycles. The van der Waals surface area contributed by atoms with Crippen LogP contribution < -0.4 is 9.47 Å². The minimum atomic E-state index is -0.264. The molecule has 18 heavy (non-hydrogen) atoms. The third-order valence-electron chi connectivity index (χ3n) is 3.51. The molecule has 0 aromatic carbocycles. The first-order valence-corrected chi connectivity index (χ1v) is 5.99. The summed E-state index contributed by atoms with van der Waals surface area (Å²) in [4.78, 5) is 20.7. The molecule has 1 aromatic heterocycles. The van der Waals surface area contributed by atoms with Crippen molar-refractivity contribution in [3.63, 3.8) is 0 Å². The smallest absolute Gasteiger partial charge is 0.278 e. The van der Waals surface area contributed by atoms with Crippen LogP contribution in [0.5, 0.6) is 11.8 Å². The van der Waals surface area contributed by atoms with Gasteiger partial charge >= 0.3 is 0 Å². The molecular formula is C13H18N2O3. The van der Waals surface area contributed by atoms with Crippen molar-refractivity contribution in [3.05, 3.63) is 11.9 Å². The van der Waals surface area contributed by atoms with Crippen LogP contribution >= 0.6 is 0 Å². The Labute approximate surface area is 107 Å². The molecule has 1 aliphatic rings. The Kier molecular flexibility index (Phi) is 3.24. The lowest BCUT2D eigenvalue weighted by Gasteiger charge is -2.16. The first-order valence-electron chi connectivity index (χ1n) is 5.99. The Morgan fingerprint density at radius 2 is 1.94 bits per heavy atom. The molecule has 2 rings (SSSR count). The fourth-order valence-electron chi connectivity index (χ4n) is 2.33. The maximum absolute atomic E-state index is 12.2. The van der Waals surface area contributed by atoms with E-state index in [-0.39, 0.29) is 17.1 Å². The van der Waals surface area contributed by atoms with Crippen LogP contribution in [0.2, 0.25) is 0 Å². The van der Waals surface area contributed by atoms with Crippen LogP contribution in [-0.4, -0.2) is 30.0 Å².